The first-order valence-electron chi connectivity index (χ1n) is 16.9. The van der Waals surface area contributed by atoms with Crippen LogP contribution in [-0.4, -0.2) is 123 Å². The number of hydrogen-bond acceptors (Lipinski definition) is 8. The van der Waals surface area contributed by atoms with Crippen molar-refractivity contribution in [1.82, 2.24) is 0 Å². The van der Waals surface area contributed by atoms with Crippen LogP contribution in [0.3, 0.4) is 0 Å². The van der Waals surface area contributed by atoms with Crippen molar-refractivity contribution in [3.8, 4) is 0 Å². The molecule has 52 heavy (non-hydrogen) atoms. The van der Waals surface area contributed by atoms with Gasteiger partial charge in [-0.25, -0.2) is 8.42 Å². The molecular formula is C37H46KN2O10S2. The molecule has 1 radical (unpaired) electrons. The number of aliphatic carboxylic acids is 2. The summed E-state index contributed by atoms with van der Waals surface area (Å²) in [6.07, 6.45) is 13.5. The molecule has 0 amide bonds. The molecule has 2 heterocycles. The fraction of sp³-hybridized carbons (Fsp3) is 0.432. The predicted molar refractivity (Wildman–Crippen MR) is 198 cm³/mol. The summed E-state index contributed by atoms with van der Waals surface area (Å²) < 4.78 is 71.3. The fourth-order valence-corrected chi connectivity index (χ4v) is 7.91. The van der Waals surface area contributed by atoms with Crippen LogP contribution in [0.1, 0.15) is 90.2 Å². The molecule has 15 heteroatoms. The topological polar surface area (TPSA) is 192 Å². The van der Waals surface area contributed by atoms with Crippen molar-refractivity contribution in [3.63, 3.8) is 0 Å². The van der Waals surface area contributed by atoms with Gasteiger partial charge < -0.3 is 19.7 Å². The second kappa shape index (κ2) is 17.8. The third-order valence-electron chi connectivity index (χ3n) is 9.59. The van der Waals surface area contributed by atoms with Gasteiger partial charge >= 0.3 is 11.9 Å². The SMILES string of the molecule is CC1(C)C(/C=C/C=C/C=C2\N(CCCCCC(=O)O)c3ccc(S(=O)(=O)O)cc3C2(C)C)=[N+](CCCCCC(=O)O)c2ccc(S(=O)(=O)[O-])cc21.[K]. The number of carboxylic acids is 2. The molecule has 0 bridgehead atoms. The van der Waals surface area contributed by atoms with Crippen LogP contribution in [-0.2, 0) is 40.7 Å². The smallest absolute Gasteiger partial charge is 0.303 e. The molecule has 0 saturated carbocycles. The average Bonchev–Trinajstić information content (AvgIpc) is 3.37. The Labute approximate surface area is 348 Å². The van der Waals surface area contributed by atoms with Gasteiger partial charge in [0.05, 0.1) is 15.2 Å². The van der Waals surface area contributed by atoms with Crippen molar-refractivity contribution in [3.05, 3.63) is 83.6 Å². The van der Waals surface area contributed by atoms with E-state index >= 15 is 0 Å². The van der Waals surface area contributed by atoms with Gasteiger partial charge in [-0.05, 0) is 81.5 Å². The van der Waals surface area contributed by atoms with Crippen molar-refractivity contribution >= 4 is 101 Å². The third-order valence-corrected chi connectivity index (χ3v) is 11.3. The van der Waals surface area contributed by atoms with Crippen LogP contribution in [0.25, 0.3) is 0 Å². The zero-order chi connectivity index (χ0) is 37.8. The Morgan fingerprint density at radius 1 is 0.788 bits per heavy atom. The largest absolute Gasteiger partial charge is 0.744 e. The number of nitrogens with zero attached hydrogens (tertiary/aromatic N) is 2. The van der Waals surface area contributed by atoms with Gasteiger partial charge in [-0.3, -0.25) is 14.1 Å². The van der Waals surface area contributed by atoms with Crippen molar-refractivity contribution in [1.29, 1.82) is 0 Å². The van der Waals surface area contributed by atoms with Crippen LogP contribution in [0.2, 0.25) is 0 Å². The van der Waals surface area contributed by atoms with Crippen LogP contribution < -0.4 is 4.90 Å². The average molecular weight is 782 g/mol. The van der Waals surface area contributed by atoms with E-state index in [2.05, 4.69) is 9.48 Å². The van der Waals surface area contributed by atoms with Crippen molar-refractivity contribution in [2.75, 3.05) is 18.0 Å². The van der Waals surface area contributed by atoms with Gasteiger partial charge in [0.15, 0.2) is 5.71 Å². The number of anilines is 1. The van der Waals surface area contributed by atoms with Gasteiger partial charge in [-0.15, -0.1) is 0 Å². The molecule has 0 aromatic heterocycles. The summed E-state index contributed by atoms with van der Waals surface area (Å²) in [6, 6.07) is 8.92. The number of hydrogen-bond donors (Lipinski definition) is 3. The molecule has 12 nitrogen and oxygen atoms in total. The Morgan fingerprint density at radius 3 is 1.98 bits per heavy atom. The maximum absolute atomic E-state index is 12.0. The fourth-order valence-electron chi connectivity index (χ4n) is 6.91. The molecule has 0 fully saturated rings. The molecular weight excluding hydrogens is 736 g/mol. The second-order valence-electron chi connectivity index (χ2n) is 13.9. The molecule has 0 saturated heterocycles. The van der Waals surface area contributed by atoms with Crippen LogP contribution in [0, 0.1) is 0 Å². The molecule has 2 aromatic carbocycles. The third kappa shape index (κ3) is 10.4. The molecule has 0 unspecified atom stereocenters. The van der Waals surface area contributed by atoms with Crippen LogP contribution in [0.5, 0.6) is 0 Å². The normalized spacial score (nSPS) is 17.2. The Kier molecular flexibility index (Phi) is 15.0. The molecule has 277 valence electrons. The first kappa shape index (κ1) is 43.9. The number of carbonyl (C=O) groups is 2. The van der Waals surface area contributed by atoms with E-state index in [0.717, 1.165) is 28.3 Å². The van der Waals surface area contributed by atoms with E-state index in [1.54, 1.807) is 12.1 Å². The monoisotopic (exact) mass is 781 g/mol. The zero-order valence-electron chi connectivity index (χ0n) is 30.3. The van der Waals surface area contributed by atoms with Gasteiger partial charge in [0.2, 0.25) is 5.69 Å². The van der Waals surface area contributed by atoms with E-state index in [1.165, 1.54) is 24.3 Å². The standard InChI is InChI=1S/C37H46N2O10S2.K/c1-36(2)28-24-26(50(44,45)46)18-20-30(28)38(22-12-6-10-16-34(40)41)32(36)14-8-5-9-15-33-37(3,4)29-25-27(51(47,48)49)19-21-31(29)39(33)23-13-7-11-17-35(42)43;/h5,8-9,14-15,18-21,24-25H,6-7,10-13,16-17,22-23H2,1-4H3,(H3-,40,41,42,43,44,45,46,47,48,49);. The van der Waals surface area contributed by atoms with Crippen molar-refractivity contribution < 1.29 is 50.3 Å². The van der Waals surface area contributed by atoms with Crippen LogP contribution >= 0.6 is 0 Å². The van der Waals surface area contributed by atoms with Gasteiger partial charge in [0, 0.05) is 112 Å². The molecule has 0 aliphatic carbocycles. The number of fused-ring (bicyclic) bond motifs is 2. The van der Waals surface area contributed by atoms with E-state index < -0.39 is 43.0 Å². The van der Waals surface area contributed by atoms with E-state index in [0.29, 0.717) is 57.2 Å². The van der Waals surface area contributed by atoms with Crippen molar-refractivity contribution in [2.24, 2.45) is 0 Å². The number of rotatable bonds is 17. The maximum Gasteiger partial charge on any atom is 0.303 e. The summed E-state index contributed by atoms with van der Waals surface area (Å²) in [5, 5.41) is 18.0. The molecule has 2 aliphatic rings. The minimum atomic E-state index is -4.67. The number of unbranched alkanes of at least 4 members (excludes halogenated alkanes) is 4. The molecule has 2 aromatic rings. The number of benzene rings is 2. The minimum absolute atomic E-state index is 0. The second-order valence-corrected chi connectivity index (χ2v) is 16.7. The summed E-state index contributed by atoms with van der Waals surface area (Å²) >= 11 is 0. The summed E-state index contributed by atoms with van der Waals surface area (Å²) in [5.74, 6) is -1.70. The molecule has 2 aliphatic heterocycles. The number of carboxylic acid groups (broad SMARTS) is 2. The molecule has 0 atom stereocenters. The summed E-state index contributed by atoms with van der Waals surface area (Å²) in [5.41, 5.74) is 3.50. The van der Waals surface area contributed by atoms with Crippen molar-refractivity contribution in [2.45, 2.75) is 99.7 Å². The van der Waals surface area contributed by atoms with E-state index in [1.807, 2.05) is 58.1 Å². The predicted octanol–water partition coefficient (Wildman–Crippen LogP) is 5.92. The van der Waals surface area contributed by atoms with Gasteiger partial charge in [0.1, 0.15) is 16.7 Å². The summed E-state index contributed by atoms with van der Waals surface area (Å²) in [6.45, 7) is 8.99. The van der Waals surface area contributed by atoms with Crippen LogP contribution in [0.15, 0.2) is 82.3 Å². The molecule has 3 N–H and O–H groups in total. The minimum Gasteiger partial charge on any atom is -0.744 e. The van der Waals surface area contributed by atoms with E-state index in [9.17, 15) is 35.5 Å². The van der Waals surface area contributed by atoms with Gasteiger partial charge in [0.25, 0.3) is 10.1 Å². The van der Waals surface area contributed by atoms with E-state index in [4.69, 9.17) is 10.2 Å². The van der Waals surface area contributed by atoms with Gasteiger partial charge in [-0.1, -0.05) is 38.5 Å². The Balaban J connectivity index is 0.00000729. The quantitative estimate of drug-likeness (QED) is 0.0568. The Bertz CT molecular complexity index is 2030. The summed E-state index contributed by atoms with van der Waals surface area (Å²) in [7, 11) is -9.09. The first-order valence-corrected chi connectivity index (χ1v) is 19.7. The zero-order valence-corrected chi connectivity index (χ0v) is 35.1. The Morgan fingerprint density at radius 2 is 1.38 bits per heavy atom. The molecule has 4 rings (SSSR count). The number of allylic oxidation sites excluding steroid dienone is 6. The van der Waals surface area contributed by atoms with E-state index in [-0.39, 0.29) is 74.0 Å². The maximum atomic E-state index is 12.0. The Hall–Kier alpha value is -2.47. The summed E-state index contributed by atoms with van der Waals surface area (Å²) in [4.78, 5) is 23.6. The first-order chi connectivity index (χ1) is 23.8. The van der Waals surface area contributed by atoms with Gasteiger partial charge in [-0.2, -0.15) is 13.0 Å². The van der Waals surface area contributed by atoms with Crippen LogP contribution in [0.4, 0.5) is 11.4 Å². The molecule has 0 spiro atoms.